The normalized spacial score (nSPS) is 16.8. The van der Waals surface area contributed by atoms with E-state index in [1.54, 1.807) is 18.1 Å². The lowest BCUT2D eigenvalue weighted by Crippen LogP contribution is -2.48. The molecule has 140 valence electrons. The minimum absolute atomic E-state index is 0.435. The van der Waals surface area contributed by atoms with Gasteiger partial charge in [-0.1, -0.05) is 41.9 Å². The summed E-state index contributed by atoms with van der Waals surface area (Å²) in [7, 11) is 2.94. The van der Waals surface area contributed by atoms with E-state index in [0.717, 1.165) is 11.3 Å². The average Bonchev–Trinajstić information content (AvgIpc) is 2.68. The van der Waals surface area contributed by atoms with Gasteiger partial charge in [-0.3, -0.25) is 4.90 Å². The van der Waals surface area contributed by atoms with Crippen LogP contribution in [0.1, 0.15) is 18.5 Å². The Bertz CT molecular complexity index is 929. The van der Waals surface area contributed by atoms with E-state index in [1.165, 1.54) is 7.11 Å². The number of thiocarbonyl (C=S) groups is 1. The molecule has 0 unspecified atom stereocenters. The minimum Gasteiger partial charge on any atom is -0.495 e. The second-order valence-electron chi connectivity index (χ2n) is 5.90. The predicted octanol–water partition coefficient (Wildman–Crippen LogP) is 4.23. The molecule has 0 fully saturated rings. The number of nitrogens with zero attached hydrogens (tertiary/aromatic N) is 1. The van der Waals surface area contributed by atoms with E-state index >= 15 is 0 Å². The number of benzene rings is 2. The van der Waals surface area contributed by atoms with Gasteiger partial charge in [-0.2, -0.15) is 0 Å². The molecule has 2 aromatic rings. The molecule has 1 N–H and O–H groups in total. The van der Waals surface area contributed by atoms with Gasteiger partial charge in [0.15, 0.2) is 5.11 Å². The standard InChI is InChI=1S/C20H19ClN2O3S/c1-12-17(19(24)26-3)18(13-8-4-5-9-14(13)21)22-20(27)23(12)15-10-6-7-11-16(15)25-2/h4-11,18H,1-3H3,(H,22,27)/t18-/m0/s1. The molecule has 1 aliphatic heterocycles. The maximum Gasteiger partial charge on any atom is 0.337 e. The molecule has 1 heterocycles. The van der Waals surface area contributed by atoms with E-state index in [1.807, 2.05) is 49.4 Å². The lowest BCUT2D eigenvalue weighted by atomic mass is 9.94. The number of halogens is 1. The number of esters is 1. The van der Waals surface area contributed by atoms with Crippen LogP contribution in [0.5, 0.6) is 5.75 Å². The van der Waals surface area contributed by atoms with Crippen LogP contribution in [0.3, 0.4) is 0 Å². The van der Waals surface area contributed by atoms with Gasteiger partial charge in [0, 0.05) is 10.7 Å². The van der Waals surface area contributed by atoms with Gasteiger partial charge in [-0.15, -0.1) is 0 Å². The molecule has 7 heteroatoms. The maximum absolute atomic E-state index is 12.6. The van der Waals surface area contributed by atoms with Gasteiger partial charge in [-0.25, -0.2) is 4.79 Å². The number of carbonyl (C=O) groups excluding carboxylic acids is 1. The molecule has 1 aliphatic rings. The molecule has 0 bridgehead atoms. The van der Waals surface area contributed by atoms with E-state index in [9.17, 15) is 4.79 Å². The number of hydrogen-bond donors (Lipinski definition) is 1. The Morgan fingerprint density at radius 2 is 1.81 bits per heavy atom. The summed E-state index contributed by atoms with van der Waals surface area (Å²) in [5.74, 6) is 0.189. The van der Waals surface area contributed by atoms with Crippen molar-refractivity contribution in [1.82, 2.24) is 5.32 Å². The summed E-state index contributed by atoms with van der Waals surface area (Å²) in [5, 5.41) is 4.21. The van der Waals surface area contributed by atoms with Crippen molar-refractivity contribution in [2.75, 3.05) is 19.1 Å². The van der Waals surface area contributed by atoms with Crippen LogP contribution in [0, 0.1) is 0 Å². The van der Waals surface area contributed by atoms with E-state index in [0.29, 0.717) is 27.2 Å². The largest absolute Gasteiger partial charge is 0.495 e. The highest BCUT2D eigenvalue weighted by molar-refractivity contribution is 7.80. The molecule has 0 saturated heterocycles. The molecule has 5 nitrogen and oxygen atoms in total. The van der Waals surface area contributed by atoms with Crippen LogP contribution < -0.4 is 15.0 Å². The van der Waals surface area contributed by atoms with Crippen LogP contribution in [-0.4, -0.2) is 25.3 Å². The zero-order chi connectivity index (χ0) is 19.6. The van der Waals surface area contributed by atoms with Crippen LogP contribution in [0.25, 0.3) is 0 Å². The van der Waals surface area contributed by atoms with Crippen molar-refractivity contribution in [3.63, 3.8) is 0 Å². The number of carbonyl (C=O) groups is 1. The second kappa shape index (κ2) is 7.98. The summed E-state index contributed by atoms with van der Waals surface area (Å²) >= 11 is 12.0. The Kier molecular flexibility index (Phi) is 5.68. The van der Waals surface area contributed by atoms with Gasteiger partial charge < -0.3 is 14.8 Å². The molecule has 3 rings (SSSR count). The number of ether oxygens (including phenoxy) is 2. The Hall–Kier alpha value is -2.57. The Morgan fingerprint density at radius 3 is 2.48 bits per heavy atom. The van der Waals surface area contributed by atoms with Crippen LogP contribution >= 0.6 is 23.8 Å². The molecule has 0 radical (unpaired) electrons. The van der Waals surface area contributed by atoms with E-state index in [-0.39, 0.29) is 0 Å². The van der Waals surface area contributed by atoms with Crippen LogP contribution in [0.2, 0.25) is 5.02 Å². The number of methoxy groups -OCH3 is 2. The number of rotatable bonds is 4. The molecular weight excluding hydrogens is 384 g/mol. The average molecular weight is 403 g/mol. The summed E-state index contributed by atoms with van der Waals surface area (Å²) in [6, 6.07) is 14.3. The Balaban J connectivity index is 2.20. The first kappa shape index (κ1) is 19.2. The summed E-state index contributed by atoms with van der Waals surface area (Å²) < 4.78 is 10.5. The first-order chi connectivity index (χ1) is 13.0. The zero-order valence-electron chi connectivity index (χ0n) is 15.2. The number of para-hydroxylation sites is 2. The van der Waals surface area contributed by atoms with Crippen molar-refractivity contribution >= 4 is 40.6 Å². The molecule has 0 spiro atoms. The number of anilines is 1. The Morgan fingerprint density at radius 1 is 1.15 bits per heavy atom. The number of allylic oxidation sites excluding steroid dienone is 1. The molecule has 0 saturated carbocycles. The molecule has 0 aromatic heterocycles. The highest BCUT2D eigenvalue weighted by Gasteiger charge is 2.36. The van der Waals surface area contributed by atoms with Crippen molar-refractivity contribution in [2.45, 2.75) is 13.0 Å². The van der Waals surface area contributed by atoms with Crippen LogP contribution in [-0.2, 0) is 9.53 Å². The third-order valence-corrected chi connectivity index (χ3v) is 5.08. The first-order valence-electron chi connectivity index (χ1n) is 8.26. The summed E-state index contributed by atoms with van der Waals surface area (Å²) in [5.41, 5.74) is 2.57. The van der Waals surface area contributed by atoms with Crippen LogP contribution in [0.15, 0.2) is 59.8 Å². The highest BCUT2D eigenvalue weighted by Crippen LogP contribution is 2.39. The minimum atomic E-state index is -0.510. The van der Waals surface area contributed by atoms with Gasteiger partial charge >= 0.3 is 5.97 Å². The lowest BCUT2D eigenvalue weighted by molar-refractivity contribution is -0.136. The summed E-state index contributed by atoms with van der Waals surface area (Å²) in [4.78, 5) is 14.4. The molecule has 27 heavy (non-hydrogen) atoms. The van der Waals surface area contributed by atoms with E-state index in [2.05, 4.69) is 5.32 Å². The van der Waals surface area contributed by atoms with E-state index in [4.69, 9.17) is 33.3 Å². The van der Waals surface area contributed by atoms with Gasteiger partial charge in [0.2, 0.25) is 0 Å². The Labute approximate surface area is 168 Å². The SMILES string of the molecule is COC(=O)C1=C(C)N(c2ccccc2OC)C(=S)N[C@H]1c1ccccc1Cl. The number of hydrogen-bond acceptors (Lipinski definition) is 4. The summed E-state index contributed by atoms with van der Waals surface area (Å²) in [6.45, 7) is 1.83. The molecule has 0 aliphatic carbocycles. The van der Waals surface area contributed by atoms with Crippen LogP contribution in [0.4, 0.5) is 5.69 Å². The quantitative estimate of drug-likeness (QED) is 0.610. The fourth-order valence-electron chi connectivity index (χ4n) is 3.16. The van der Waals surface area contributed by atoms with E-state index < -0.39 is 12.0 Å². The molecular formula is C20H19ClN2O3S. The first-order valence-corrected chi connectivity index (χ1v) is 9.05. The van der Waals surface area contributed by atoms with Gasteiger partial charge in [-0.05, 0) is 42.9 Å². The third kappa shape index (κ3) is 3.50. The van der Waals surface area contributed by atoms with Crippen molar-refractivity contribution in [1.29, 1.82) is 0 Å². The lowest BCUT2D eigenvalue weighted by Gasteiger charge is -2.38. The van der Waals surface area contributed by atoms with Crippen molar-refractivity contribution < 1.29 is 14.3 Å². The van der Waals surface area contributed by atoms with Gasteiger partial charge in [0.25, 0.3) is 0 Å². The zero-order valence-corrected chi connectivity index (χ0v) is 16.7. The summed E-state index contributed by atoms with van der Waals surface area (Å²) in [6.07, 6.45) is 0. The predicted molar refractivity (Wildman–Crippen MR) is 110 cm³/mol. The monoisotopic (exact) mass is 402 g/mol. The highest BCUT2D eigenvalue weighted by atomic mass is 35.5. The maximum atomic E-state index is 12.6. The van der Waals surface area contributed by atoms with Crippen molar-refractivity contribution in [3.8, 4) is 5.75 Å². The smallest absolute Gasteiger partial charge is 0.337 e. The third-order valence-electron chi connectivity index (χ3n) is 4.43. The van der Waals surface area contributed by atoms with Gasteiger partial charge in [0.05, 0.1) is 31.5 Å². The molecule has 0 amide bonds. The topological polar surface area (TPSA) is 50.8 Å². The fraction of sp³-hybridized carbons (Fsp3) is 0.200. The van der Waals surface area contributed by atoms with Crippen molar-refractivity contribution in [3.05, 3.63) is 70.4 Å². The fourth-order valence-corrected chi connectivity index (χ4v) is 3.76. The number of nitrogens with one attached hydrogen (secondary N) is 1. The van der Waals surface area contributed by atoms with Crippen molar-refractivity contribution in [2.24, 2.45) is 0 Å². The molecule has 2 aromatic carbocycles. The second-order valence-corrected chi connectivity index (χ2v) is 6.70. The van der Waals surface area contributed by atoms with Gasteiger partial charge in [0.1, 0.15) is 5.75 Å². The molecule has 1 atom stereocenters.